The molecule has 4 aromatic rings. The van der Waals surface area contributed by atoms with Crippen molar-refractivity contribution in [2.45, 2.75) is 6.92 Å². The van der Waals surface area contributed by atoms with E-state index in [4.69, 9.17) is 9.47 Å². The minimum atomic E-state index is -0.111. The van der Waals surface area contributed by atoms with Crippen molar-refractivity contribution in [1.29, 1.82) is 0 Å². The summed E-state index contributed by atoms with van der Waals surface area (Å²) in [5.74, 6) is 0.701. The third-order valence-corrected chi connectivity index (χ3v) is 5.28. The first kappa shape index (κ1) is 20.8. The van der Waals surface area contributed by atoms with Gasteiger partial charge in [0.1, 0.15) is 12.1 Å². The van der Waals surface area contributed by atoms with Crippen molar-refractivity contribution >= 4 is 39.2 Å². The lowest BCUT2D eigenvalue weighted by molar-refractivity contribution is 0.0956. The van der Waals surface area contributed by atoms with Gasteiger partial charge in [0, 0.05) is 38.5 Å². The zero-order valence-corrected chi connectivity index (χ0v) is 18.3. The molecule has 0 aliphatic rings. The zero-order chi connectivity index (χ0) is 21.8. The lowest BCUT2D eigenvalue weighted by Crippen LogP contribution is -2.21. The number of aromatic nitrogens is 5. The number of fused-ring (bicyclic) bond motifs is 1. The molecule has 0 atom stereocenters. The Bertz CT molecular complexity index is 1200. The van der Waals surface area contributed by atoms with Gasteiger partial charge in [-0.15, -0.1) is 11.3 Å². The van der Waals surface area contributed by atoms with Crippen LogP contribution in [0.5, 0.6) is 5.88 Å². The largest absolute Gasteiger partial charge is 0.474 e. The summed E-state index contributed by atoms with van der Waals surface area (Å²) in [6.45, 7) is 3.24. The average Bonchev–Trinajstić information content (AvgIpc) is 3.48. The Labute approximate surface area is 182 Å². The number of carbonyl (C=O) groups excluding carboxylic acids is 1. The molecule has 0 bridgehead atoms. The van der Waals surface area contributed by atoms with Crippen LogP contribution in [0.3, 0.4) is 0 Å². The lowest BCUT2D eigenvalue weighted by atomic mass is 10.3. The summed E-state index contributed by atoms with van der Waals surface area (Å²) in [5.41, 5.74) is 2.93. The van der Waals surface area contributed by atoms with Crippen molar-refractivity contribution < 1.29 is 14.3 Å². The van der Waals surface area contributed by atoms with Gasteiger partial charge in [-0.3, -0.25) is 9.48 Å². The van der Waals surface area contributed by atoms with E-state index in [0.717, 1.165) is 16.2 Å². The Kier molecular flexibility index (Phi) is 6.14. The standard InChI is InChI=1S/C20H23N7O3S/c1-4-21-18(28)13-9-16(31-12-13)24-20-23-15-5-6-27(14-10-22-26(2)11-14)17(15)19(25-20)30-8-7-29-3/h5-6,9-12H,4,7-8H2,1-3H3,(H,21,28)(H,23,24,25). The van der Waals surface area contributed by atoms with Gasteiger partial charge in [-0.1, -0.05) is 0 Å². The number of hydrogen-bond acceptors (Lipinski definition) is 8. The Balaban J connectivity index is 1.68. The van der Waals surface area contributed by atoms with Crippen LogP contribution in [0, 0.1) is 0 Å². The monoisotopic (exact) mass is 441 g/mol. The smallest absolute Gasteiger partial charge is 0.252 e. The van der Waals surface area contributed by atoms with E-state index in [0.29, 0.717) is 42.7 Å². The Morgan fingerprint density at radius 3 is 2.90 bits per heavy atom. The molecule has 0 saturated carbocycles. The summed E-state index contributed by atoms with van der Waals surface area (Å²) in [7, 11) is 3.48. The lowest BCUT2D eigenvalue weighted by Gasteiger charge is -2.11. The van der Waals surface area contributed by atoms with Gasteiger partial charge in [-0.2, -0.15) is 10.1 Å². The fourth-order valence-corrected chi connectivity index (χ4v) is 3.81. The summed E-state index contributed by atoms with van der Waals surface area (Å²) in [6.07, 6.45) is 5.57. The molecular weight excluding hydrogens is 418 g/mol. The molecule has 4 rings (SSSR count). The predicted octanol–water partition coefficient (Wildman–Crippen LogP) is 2.73. The van der Waals surface area contributed by atoms with Crippen molar-refractivity contribution in [3.63, 3.8) is 0 Å². The second kappa shape index (κ2) is 9.14. The molecular formula is C20H23N7O3S. The molecule has 11 heteroatoms. The topological polar surface area (TPSA) is 108 Å². The van der Waals surface area contributed by atoms with E-state index in [1.807, 2.05) is 37.0 Å². The van der Waals surface area contributed by atoms with Crippen molar-refractivity contribution in [2.24, 2.45) is 7.05 Å². The second-order valence-electron chi connectivity index (χ2n) is 6.67. The van der Waals surface area contributed by atoms with Crippen molar-refractivity contribution in [2.75, 3.05) is 32.2 Å². The molecule has 10 nitrogen and oxygen atoms in total. The van der Waals surface area contributed by atoms with Crippen LogP contribution >= 0.6 is 11.3 Å². The van der Waals surface area contributed by atoms with Crippen LogP contribution in [-0.4, -0.2) is 57.1 Å². The summed E-state index contributed by atoms with van der Waals surface area (Å²) in [4.78, 5) is 21.2. The van der Waals surface area contributed by atoms with Gasteiger partial charge in [-0.25, -0.2) is 4.98 Å². The molecule has 4 aromatic heterocycles. The number of aryl methyl sites for hydroxylation is 1. The van der Waals surface area contributed by atoms with Crippen LogP contribution in [0.15, 0.2) is 36.1 Å². The molecule has 1 amide bonds. The third-order valence-electron chi connectivity index (χ3n) is 4.43. The van der Waals surface area contributed by atoms with E-state index in [1.54, 1.807) is 29.4 Å². The maximum absolute atomic E-state index is 12.0. The van der Waals surface area contributed by atoms with Crippen molar-refractivity contribution in [1.82, 2.24) is 29.6 Å². The highest BCUT2D eigenvalue weighted by molar-refractivity contribution is 7.14. The molecule has 0 saturated heterocycles. The summed E-state index contributed by atoms with van der Waals surface area (Å²) in [6, 6.07) is 3.67. The van der Waals surface area contributed by atoms with Crippen LogP contribution in [-0.2, 0) is 11.8 Å². The highest BCUT2D eigenvalue weighted by Gasteiger charge is 2.17. The molecule has 0 spiro atoms. The summed E-state index contributed by atoms with van der Waals surface area (Å²) < 4.78 is 14.7. The quantitative estimate of drug-likeness (QED) is 0.385. The van der Waals surface area contributed by atoms with Crippen molar-refractivity contribution in [3.8, 4) is 11.6 Å². The van der Waals surface area contributed by atoms with Gasteiger partial charge in [-0.05, 0) is 19.1 Å². The van der Waals surface area contributed by atoms with Crippen LogP contribution in [0.1, 0.15) is 17.3 Å². The first-order valence-corrected chi connectivity index (χ1v) is 10.6. The highest BCUT2D eigenvalue weighted by atomic mass is 32.1. The molecule has 31 heavy (non-hydrogen) atoms. The molecule has 0 unspecified atom stereocenters. The number of methoxy groups -OCH3 is 1. The molecule has 4 heterocycles. The molecule has 162 valence electrons. The maximum Gasteiger partial charge on any atom is 0.252 e. The van der Waals surface area contributed by atoms with E-state index < -0.39 is 0 Å². The number of nitrogens with zero attached hydrogens (tertiary/aromatic N) is 5. The first-order valence-electron chi connectivity index (χ1n) is 9.72. The molecule has 0 aliphatic heterocycles. The summed E-state index contributed by atoms with van der Waals surface area (Å²) >= 11 is 1.41. The summed E-state index contributed by atoms with van der Waals surface area (Å²) in [5, 5.41) is 12.8. The molecule has 0 aromatic carbocycles. The van der Waals surface area contributed by atoms with E-state index in [1.165, 1.54) is 11.3 Å². The van der Waals surface area contributed by atoms with Crippen LogP contribution in [0.25, 0.3) is 16.7 Å². The van der Waals surface area contributed by atoms with Gasteiger partial charge >= 0.3 is 0 Å². The number of amides is 1. The normalized spacial score (nSPS) is 11.1. The van der Waals surface area contributed by atoms with Gasteiger partial charge in [0.05, 0.1) is 34.6 Å². The number of nitrogens with one attached hydrogen (secondary N) is 2. The fraction of sp³-hybridized carbons (Fsp3) is 0.300. The molecule has 2 N–H and O–H groups in total. The Morgan fingerprint density at radius 1 is 1.29 bits per heavy atom. The molecule has 0 aliphatic carbocycles. The maximum atomic E-state index is 12.0. The van der Waals surface area contributed by atoms with Crippen LogP contribution < -0.4 is 15.4 Å². The van der Waals surface area contributed by atoms with Gasteiger partial charge in [0.25, 0.3) is 5.91 Å². The number of thiophene rings is 1. The van der Waals surface area contributed by atoms with E-state index in [9.17, 15) is 4.79 Å². The highest BCUT2D eigenvalue weighted by Crippen LogP contribution is 2.30. The number of carbonyl (C=O) groups is 1. The van der Waals surface area contributed by atoms with Crippen molar-refractivity contribution in [3.05, 3.63) is 41.7 Å². The average molecular weight is 442 g/mol. The van der Waals surface area contributed by atoms with E-state index in [-0.39, 0.29) is 5.91 Å². The first-order chi connectivity index (χ1) is 15.1. The van der Waals surface area contributed by atoms with E-state index in [2.05, 4.69) is 25.7 Å². The number of anilines is 2. The second-order valence-corrected chi connectivity index (χ2v) is 7.58. The minimum absolute atomic E-state index is 0.111. The number of hydrogen-bond donors (Lipinski definition) is 2. The van der Waals surface area contributed by atoms with Crippen LogP contribution in [0.4, 0.5) is 10.9 Å². The zero-order valence-electron chi connectivity index (χ0n) is 17.5. The SMILES string of the molecule is CCNC(=O)c1csc(Nc2nc(OCCOC)c3c(ccn3-c3cnn(C)c3)n2)c1. The number of rotatable bonds is 9. The minimum Gasteiger partial charge on any atom is -0.474 e. The Hall–Kier alpha value is -3.44. The number of ether oxygens (including phenoxy) is 2. The Morgan fingerprint density at radius 2 is 2.16 bits per heavy atom. The van der Waals surface area contributed by atoms with Gasteiger partial charge < -0.3 is 24.7 Å². The predicted molar refractivity (Wildman–Crippen MR) is 119 cm³/mol. The molecule has 0 radical (unpaired) electrons. The third kappa shape index (κ3) is 4.52. The van der Waals surface area contributed by atoms with Crippen LogP contribution in [0.2, 0.25) is 0 Å². The van der Waals surface area contributed by atoms with Gasteiger partial charge in [0.2, 0.25) is 11.8 Å². The van der Waals surface area contributed by atoms with Gasteiger partial charge in [0.15, 0.2) is 0 Å². The fourth-order valence-electron chi connectivity index (χ4n) is 3.03. The molecule has 0 fully saturated rings. The van der Waals surface area contributed by atoms with E-state index >= 15 is 0 Å².